The highest BCUT2D eigenvalue weighted by atomic mass is 16.6. The third-order valence-electron chi connectivity index (χ3n) is 3.48. The van der Waals surface area contributed by atoms with Crippen LogP contribution in [0.3, 0.4) is 0 Å². The molecular weight excluding hydrogens is 380 g/mol. The minimum absolute atomic E-state index is 0.0170. The monoisotopic (exact) mass is 417 g/mol. The Kier molecular flexibility index (Phi) is 11.1. The molecule has 168 valence electrons. The van der Waals surface area contributed by atoms with Crippen LogP contribution in [-0.4, -0.2) is 54.8 Å². The molecule has 2 amide bonds. The molecule has 29 heavy (non-hydrogen) atoms. The van der Waals surface area contributed by atoms with Gasteiger partial charge in [0.25, 0.3) is 0 Å². The SMILES string of the molecule is [2H]N(C(=O)OC(C)(C)C)[C@@H](CC(C)C)C(=O)N[C@@H](CCC(=O)OCC)C(=O)OCC. The van der Waals surface area contributed by atoms with E-state index in [1.807, 2.05) is 13.8 Å². The summed E-state index contributed by atoms with van der Waals surface area (Å²) in [6.07, 6.45) is -0.907. The van der Waals surface area contributed by atoms with E-state index in [0.29, 0.717) is 5.31 Å². The average Bonchev–Trinajstić information content (AvgIpc) is 2.61. The van der Waals surface area contributed by atoms with Gasteiger partial charge in [0.15, 0.2) is 1.41 Å². The van der Waals surface area contributed by atoms with Crippen molar-refractivity contribution in [1.29, 1.82) is 0 Å². The molecule has 0 aromatic rings. The number of esters is 2. The molecule has 0 saturated carbocycles. The molecule has 0 heterocycles. The fraction of sp³-hybridized carbons (Fsp3) is 0.800. The summed E-state index contributed by atoms with van der Waals surface area (Å²) < 4.78 is 23.1. The first kappa shape index (κ1) is 24.7. The van der Waals surface area contributed by atoms with Gasteiger partial charge in [-0.25, -0.2) is 9.59 Å². The average molecular weight is 418 g/mol. The number of rotatable bonds is 11. The van der Waals surface area contributed by atoms with E-state index in [1.54, 1.807) is 34.6 Å². The summed E-state index contributed by atoms with van der Waals surface area (Å²) in [5, 5.41) is 2.99. The molecule has 0 aliphatic carbocycles. The molecule has 0 aromatic heterocycles. The summed E-state index contributed by atoms with van der Waals surface area (Å²) in [6, 6.07) is -2.29. The van der Waals surface area contributed by atoms with E-state index in [4.69, 9.17) is 15.6 Å². The van der Waals surface area contributed by atoms with Gasteiger partial charge in [-0.05, 0) is 53.4 Å². The Morgan fingerprint density at radius 1 is 1.00 bits per heavy atom. The van der Waals surface area contributed by atoms with Gasteiger partial charge in [0, 0.05) is 6.42 Å². The lowest BCUT2D eigenvalue weighted by Gasteiger charge is -2.25. The predicted molar refractivity (Wildman–Crippen MR) is 107 cm³/mol. The van der Waals surface area contributed by atoms with Gasteiger partial charge in [0.05, 0.1) is 13.2 Å². The van der Waals surface area contributed by atoms with Gasteiger partial charge in [-0.15, -0.1) is 0 Å². The molecule has 0 saturated heterocycles. The Morgan fingerprint density at radius 3 is 2.07 bits per heavy atom. The number of nitrogens with one attached hydrogen (secondary N) is 2. The molecule has 0 aliphatic heterocycles. The van der Waals surface area contributed by atoms with Gasteiger partial charge in [-0.3, -0.25) is 9.59 Å². The second-order valence-corrected chi connectivity index (χ2v) is 7.91. The van der Waals surface area contributed by atoms with Crippen molar-refractivity contribution >= 4 is 23.9 Å². The lowest BCUT2D eigenvalue weighted by molar-refractivity contribution is -0.149. The van der Waals surface area contributed by atoms with E-state index in [2.05, 4.69) is 5.32 Å². The smallest absolute Gasteiger partial charge is 0.408 e. The van der Waals surface area contributed by atoms with Crippen LogP contribution in [0, 0.1) is 5.92 Å². The van der Waals surface area contributed by atoms with Gasteiger partial charge in [0.1, 0.15) is 17.7 Å². The van der Waals surface area contributed by atoms with Crippen LogP contribution in [-0.2, 0) is 28.6 Å². The zero-order valence-corrected chi connectivity index (χ0v) is 18.6. The van der Waals surface area contributed by atoms with Crippen molar-refractivity contribution < 1.29 is 34.8 Å². The summed E-state index contributed by atoms with van der Waals surface area (Å²) in [5.74, 6) is -1.93. The lowest BCUT2D eigenvalue weighted by Crippen LogP contribution is -2.53. The summed E-state index contributed by atoms with van der Waals surface area (Å²) in [5.41, 5.74) is -0.831. The first-order chi connectivity index (χ1) is 13.8. The number of alkyl carbamates (subject to hydrolysis) is 1. The number of hydrogen-bond donors (Lipinski definition) is 2. The number of ether oxygens (including phenoxy) is 3. The minimum atomic E-state index is -1.18. The standard InChI is InChI=1S/C20H36N2O7/c1-8-27-16(23)11-10-14(18(25)28-9-2)21-17(24)15(12-13(3)4)22-19(26)29-20(5,6)7/h13-15H,8-12H2,1-7H3,(H,21,24)(H,22,26)/t14-,15-/m0/s1/i/hD. The van der Waals surface area contributed by atoms with Gasteiger partial charge in [0.2, 0.25) is 5.91 Å². The normalized spacial score (nSPS) is 13.7. The number of carbonyl (C=O) groups is 4. The zero-order chi connectivity index (χ0) is 23.5. The first-order valence-corrected chi connectivity index (χ1v) is 9.96. The molecule has 0 bridgehead atoms. The van der Waals surface area contributed by atoms with Crippen LogP contribution >= 0.6 is 0 Å². The maximum atomic E-state index is 12.9. The molecule has 0 radical (unpaired) electrons. The topological polar surface area (TPSA) is 120 Å². The van der Waals surface area contributed by atoms with Crippen LogP contribution in [0.2, 0.25) is 1.41 Å². The Bertz CT molecular complexity index is 590. The van der Waals surface area contributed by atoms with E-state index in [9.17, 15) is 19.2 Å². The Labute approximate surface area is 174 Å². The molecule has 2 N–H and O–H groups in total. The van der Waals surface area contributed by atoms with E-state index < -0.39 is 41.6 Å². The fourth-order valence-corrected chi connectivity index (χ4v) is 2.34. The van der Waals surface area contributed by atoms with Crippen molar-refractivity contribution in [3.8, 4) is 0 Å². The minimum Gasteiger partial charge on any atom is -0.466 e. The highest BCUT2D eigenvalue weighted by molar-refractivity contribution is 5.90. The van der Waals surface area contributed by atoms with Crippen molar-refractivity contribution in [2.45, 2.75) is 85.4 Å². The molecular formula is C20H36N2O7. The lowest BCUT2D eigenvalue weighted by atomic mass is 10.0. The molecule has 0 spiro atoms. The van der Waals surface area contributed by atoms with Crippen molar-refractivity contribution in [2.75, 3.05) is 13.2 Å². The molecule has 0 aliphatic rings. The zero-order valence-electron chi connectivity index (χ0n) is 19.6. The number of hydrogen-bond acceptors (Lipinski definition) is 7. The van der Waals surface area contributed by atoms with E-state index in [0.717, 1.165) is 0 Å². The predicted octanol–water partition coefficient (Wildman–Crippen LogP) is 2.32. The van der Waals surface area contributed by atoms with Crippen LogP contribution in [0.5, 0.6) is 0 Å². The summed E-state index contributed by atoms with van der Waals surface area (Å²) in [4.78, 5) is 49.0. The molecule has 0 unspecified atom stereocenters. The second kappa shape index (κ2) is 13.0. The highest BCUT2D eigenvalue weighted by Crippen LogP contribution is 2.11. The van der Waals surface area contributed by atoms with Crippen LogP contribution in [0.4, 0.5) is 4.79 Å². The van der Waals surface area contributed by atoms with Crippen LogP contribution in [0.25, 0.3) is 0 Å². The largest absolute Gasteiger partial charge is 0.466 e. The number of carbonyl (C=O) groups excluding carboxylic acids is 4. The van der Waals surface area contributed by atoms with Crippen molar-refractivity contribution in [2.24, 2.45) is 5.92 Å². The molecule has 0 aromatic carbocycles. The maximum absolute atomic E-state index is 12.9. The molecule has 2 atom stereocenters. The molecule has 0 rings (SSSR count). The Balaban J connectivity index is 5.41. The van der Waals surface area contributed by atoms with Crippen LogP contribution < -0.4 is 10.6 Å². The van der Waals surface area contributed by atoms with Gasteiger partial charge in [-0.2, -0.15) is 0 Å². The Morgan fingerprint density at radius 2 is 1.59 bits per heavy atom. The highest BCUT2D eigenvalue weighted by Gasteiger charge is 2.30. The van der Waals surface area contributed by atoms with Crippen LogP contribution in [0.1, 0.15) is 67.7 Å². The van der Waals surface area contributed by atoms with E-state index >= 15 is 0 Å². The third-order valence-corrected chi connectivity index (χ3v) is 3.48. The second-order valence-electron chi connectivity index (χ2n) is 7.91. The summed E-state index contributed by atoms with van der Waals surface area (Å²) in [7, 11) is 0. The van der Waals surface area contributed by atoms with Gasteiger partial charge < -0.3 is 24.8 Å². The Hall–Kier alpha value is -2.32. The van der Waals surface area contributed by atoms with Gasteiger partial charge in [-0.1, -0.05) is 13.8 Å². The van der Waals surface area contributed by atoms with E-state index in [-0.39, 0.29) is 38.4 Å². The van der Waals surface area contributed by atoms with Gasteiger partial charge >= 0.3 is 18.0 Å². The van der Waals surface area contributed by atoms with Crippen LogP contribution in [0.15, 0.2) is 0 Å². The van der Waals surface area contributed by atoms with Crippen molar-refractivity contribution in [3.05, 3.63) is 0 Å². The van der Waals surface area contributed by atoms with E-state index in [1.165, 1.54) is 0 Å². The first-order valence-electron chi connectivity index (χ1n) is 10.4. The fourth-order valence-electron chi connectivity index (χ4n) is 2.34. The van der Waals surface area contributed by atoms with Crippen molar-refractivity contribution in [1.82, 2.24) is 10.6 Å². The summed E-state index contributed by atoms with van der Waals surface area (Å²) >= 11 is 0. The number of amides is 2. The van der Waals surface area contributed by atoms with Crippen molar-refractivity contribution in [3.63, 3.8) is 0 Å². The summed E-state index contributed by atoms with van der Waals surface area (Å²) in [6.45, 7) is 12.2. The molecule has 0 fully saturated rings. The maximum Gasteiger partial charge on any atom is 0.408 e. The third kappa shape index (κ3) is 12.7. The quantitative estimate of drug-likeness (QED) is 0.391. The molecule has 9 heteroatoms. The molecule has 9 nitrogen and oxygen atoms in total.